The molecule has 2 heteroatoms. The van der Waals surface area contributed by atoms with E-state index >= 15 is 0 Å². The summed E-state index contributed by atoms with van der Waals surface area (Å²) in [5.41, 5.74) is 5.49. The minimum atomic E-state index is 0.663. The first-order chi connectivity index (χ1) is 12.8. The van der Waals surface area contributed by atoms with E-state index in [0.29, 0.717) is 11.1 Å². The van der Waals surface area contributed by atoms with E-state index in [1.165, 1.54) is 0 Å². The quantitative estimate of drug-likeness (QED) is 0.569. The van der Waals surface area contributed by atoms with Crippen LogP contribution >= 0.6 is 0 Å². The molecule has 0 aliphatic rings. The molecule has 0 radical (unpaired) electrons. The number of benzene rings is 3. The Bertz CT molecular complexity index is 1030. The maximum Gasteiger partial charge on any atom is 0.0997 e. The third-order valence-corrected chi connectivity index (χ3v) is 3.98. The molecule has 0 N–H and O–H groups in total. The molecule has 3 rings (SSSR count). The molecule has 0 atom stereocenters. The fourth-order valence-corrected chi connectivity index (χ4v) is 2.51. The summed E-state index contributed by atoms with van der Waals surface area (Å²) in [5, 5.41) is 17.9. The molecule has 0 spiro atoms. The molecule has 0 fully saturated rings. The van der Waals surface area contributed by atoms with Gasteiger partial charge in [-0.05, 0) is 40.5 Å². The molecule has 0 heterocycles. The van der Waals surface area contributed by atoms with E-state index in [1.54, 1.807) is 0 Å². The van der Waals surface area contributed by atoms with Gasteiger partial charge < -0.3 is 0 Å². The minimum absolute atomic E-state index is 0.663. The van der Waals surface area contributed by atoms with Crippen LogP contribution in [0.1, 0.15) is 33.4 Å². The Hall–Kier alpha value is -3.88. The molecular formula is C24H16N2. The van der Waals surface area contributed by atoms with Crippen LogP contribution in [-0.2, 0) is 0 Å². The molecule has 0 aromatic heterocycles. The monoisotopic (exact) mass is 332 g/mol. The van der Waals surface area contributed by atoms with Gasteiger partial charge in [-0.3, -0.25) is 0 Å². The van der Waals surface area contributed by atoms with E-state index in [1.807, 2.05) is 85.0 Å². The van der Waals surface area contributed by atoms with E-state index in [2.05, 4.69) is 24.3 Å². The summed E-state index contributed by atoms with van der Waals surface area (Å²) < 4.78 is 0. The van der Waals surface area contributed by atoms with Crippen molar-refractivity contribution >= 4 is 24.3 Å². The van der Waals surface area contributed by atoms with Crippen LogP contribution in [0.3, 0.4) is 0 Å². The molecule has 0 aliphatic carbocycles. The summed E-state index contributed by atoms with van der Waals surface area (Å²) in [6.07, 6.45) is 8.03. The Morgan fingerprint density at radius 3 is 1.58 bits per heavy atom. The van der Waals surface area contributed by atoms with Crippen LogP contribution in [0, 0.1) is 22.7 Å². The maximum absolute atomic E-state index is 9.13. The van der Waals surface area contributed by atoms with E-state index in [-0.39, 0.29) is 0 Å². The highest BCUT2D eigenvalue weighted by Gasteiger charge is 1.96. The molecule has 0 bridgehead atoms. The normalized spacial score (nSPS) is 10.7. The fraction of sp³-hybridized carbons (Fsp3) is 0. The van der Waals surface area contributed by atoms with Gasteiger partial charge in [0.2, 0.25) is 0 Å². The zero-order valence-electron chi connectivity index (χ0n) is 14.1. The fourth-order valence-electron chi connectivity index (χ4n) is 2.51. The van der Waals surface area contributed by atoms with Crippen LogP contribution in [-0.4, -0.2) is 0 Å². The Morgan fingerprint density at radius 2 is 1.04 bits per heavy atom. The van der Waals surface area contributed by atoms with E-state index in [4.69, 9.17) is 10.5 Å². The first-order valence-corrected chi connectivity index (χ1v) is 8.24. The van der Waals surface area contributed by atoms with Crippen LogP contribution in [0.4, 0.5) is 0 Å². The van der Waals surface area contributed by atoms with Gasteiger partial charge in [0.05, 0.1) is 23.3 Å². The molecule has 0 saturated carbocycles. The summed E-state index contributed by atoms with van der Waals surface area (Å²) in [6, 6.07) is 27.5. The smallest absolute Gasteiger partial charge is 0.0997 e. The van der Waals surface area contributed by atoms with Crippen molar-refractivity contribution in [1.29, 1.82) is 10.5 Å². The second-order valence-corrected chi connectivity index (χ2v) is 5.77. The highest BCUT2D eigenvalue weighted by Crippen LogP contribution is 2.14. The lowest BCUT2D eigenvalue weighted by Gasteiger charge is -1.99. The van der Waals surface area contributed by atoms with Gasteiger partial charge in [-0.1, -0.05) is 78.9 Å². The summed E-state index contributed by atoms with van der Waals surface area (Å²) in [5.74, 6) is 0. The lowest BCUT2D eigenvalue weighted by atomic mass is 10.1. The summed E-state index contributed by atoms with van der Waals surface area (Å²) in [4.78, 5) is 0. The number of nitriles is 2. The topological polar surface area (TPSA) is 47.6 Å². The van der Waals surface area contributed by atoms with Gasteiger partial charge in [0, 0.05) is 0 Å². The molecular weight excluding hydrogens is 316 g/mol. The van der Waals surface area contributed by atoms with Crippen molar-refractivity contribution in [3.8, 4) is 12.1 Å². The SMILES string of the molecule is N#Cc1ccc(/C=C/c2ccc(/C=C/c3ccccc3C#N)cc2)cc1. The van der Waals surface area contributed by atoms with Crippen LogP contribution in [0.2, 0.25) is 0 Å². The van der Waals surface area contributed by atoms with E-state index in [9.17, 15) is 0 Å². The van der Waals surface area contributed by atoms with Crippen LogP contribution in [0.15, 0.2) is 72.8 Å². The summed E-state index contributed by atoms with van der Waals surface area (Å²) in [6.45, 7) is 0. The molecule has 0 aliphatic heterocycles. The Kier molecular flexibility index (Phi) is 5.41. The minimum Gasteiger partial charge on any atom is -0.192 e. The van der Waals surface area contributed by atoms with Crippen molar-refractivity contribution in [3.05, 3.63) is 106 Å². The van der Waals surface area contributed by atoms with Crippen molar-refractivity contribution in [3.63, 3.8) is 0 Å². The van der Waals surface area contributed by atoms with Crippen molar-refractivity contribution < 1.29 is 0 Å². The first-order valence-electron chi connectivity index (χ1n) is 8.24. The van der Waals surface area contributed by atoms with Gasteiger partial charge in [0.1, 0.15) is 0 Å². The number of hydrogen-bond donors (Lipinski definition) is 0. The van der Waals surface area contributed by atoms with Crippen molar-refractivity contribution in [1.82, 2.24) is 0 Å². The highest BCUT2D eigenvalue weighted by molar-refractivity contribution is 5.74. The summed E-state index contributed by atoms with van der Waals surface area (Å²) in [7, 11) is 0. The van der Waals surface area contributed by atoms with Gasteiger partial charge in [-0.25, -0.2) is 0 Å². The second kappa shape index (κ2) is 8.29. The molecule has 26 heavy (non-hydrogen) atoms. The average Bonchev–Trinajstić information content (AvgIpc) is 2.72. The van der Waals surface area contributed by atoms with Crippen LogP contribution in [0.5, 0.6) is 0 Å². The van der Waals surface area contributed by atoms with Gasteiger partial charge in [0.25, 0.3) is 0 Å². The zero-order chi connectivity index (χ0) is 18.2. The number of hydrogen-bond acceptors (Lipinski definition) is 2. The predicted octanol–water partition coefficient (Wildman–Crippen LogP) is 5.77. The van der Waals surface area contributed by atoms with Gasteiger partial charge in [-0.2, -0.15) is 10.5 Å². The average molecular weight is 332 g/mol. The summed E-state index contributed by atoms with van der Waals surface area (Å²) >= 11 is 0. The lowest BCUT2D eigenvalue weighted by molar-refractivity contribution is 1.47. The number of nitrogens with zero attached hydrogens (tertiary/aromatic N) is 2. The van der Waals surface area contributed by atoms with Gasteiger partial charge in [0.15, 0.2) is 0 Å². The van der Waals surface area contributed by atoms with E-state index < -0.39 is 0 Å². The lowest BCUT2D eigenvalue weighted by Crippen LogP contribution is -1.80. The van der Waals surface area contributed by atoms with Gasteiger partial charge >= 0.3 is 0 Å². The Morgan fingerprint density at radius 1 is 0.538 bits per heavy atom. The molecule has 3 aromatic rings. The molecule has 3 aromatic carbocycles. The third kappa shape index (κ3) is 4.35. The van der Waals surface area contributed by atoms with E-state index in [0.717, 1.165) is 22.3 Å². The van der Waals surface area contributed by atoms with Gasteiger partial charge in [-0.15, -0.1) is 0 Å². The first kappa shape index (κ1) is 17.0. The van der Waals surface area contributed by atoms with Crippen LogP contribution in [0.25, 0.3) is 24.3 Å². The zero-order valence-corrected chi connectivity index (χ0v) is 14.1. The largest absolute Gasteiger partial charge is 0.192 e. The second-order valence-electron chi connectivity index (χ2n) is 5.77. The highest BCUT2D eigenvalue weighted by atomic mass is 14.2. The maximum atomic E-state index is 9.13. The standard InChI is InChI=1S/C24H16N2/c25-17-22-13-11-20(12-14-22)6-5-19-7-9-21(10-8-19)15-16-23-3-1-2-4-24(23)18-26/h1-16H/b6-5+,16-15+. The van der Waals surface area contributed by atoms with Crippen molar-refractivity contribution in [2.45, 2.75) is 0 Å². The van der Waals surface area contributed by atoms with Crippen LogP contribution < -0.4 is 0 Å². The third-order valence-electron chi connectivity index (χ3n) is 3.98. The van der Waals surface area contributed by atoms with Crippen molar-refractivity contribution in [2.75, 3.05) is 0 Å². The number of rotatable bonds is 4. The Labute approximate surface area is 153 Å². The Balaban J connectivity index is 1.70. The predicted molar refractivity (Wildman–Crippen MR) is 107 cm³/mol. The molecule has 2 nitrogen and oxygen atoms in total. The molecule has 0 unspecified atom stereocenters. The molecule has 122 valence electrons. The molecule has 0 saturated heterocycles. The molecule has 0 amide bonds. The van der Waals surface area contributed by atoms with Crippen molar-refractivity contribution in [2.24, 2.45) is 0 Å².